The molecule has 172 valence electrons. The summed E-state index contributed by atoms with van der Waals surface area (Å²) >= 11 is 0. The van der Waals surface area contributed by atoms with Gasteiger partial charge in [0.2, 0.25) is 5.91 Å². The molecule has 4 rings (SSSR count). The monoisotopic (exact) mass is 453 g/mol. The predicted molar refractivity (Wildman–Crippen MR) is 135 cm³/mol. The van der Waals surface area contributed by atoms with Gasteiger partial charge in [-0.3, -0.25) is 9.59 Å². The minimum absolute atomic E-state index is 0.0603. The number of nitrogens with one attached hydrogen (secondary N) is 2. The van der Waals surface area contributed by atoms with Crippen LogP contribution >= 0.6 is 0 Å². The number of rotatable bonds is 8. The molecule has 0 spiro atoms. The second kappa shape index (κ2) is 10.6. The largest absolute Gasteiger partial charge is 0.378 e. The quantitative estimate of drug-likeness (QED) is 0.514. The van der Waals surface area contributed by atoms with E-state index in [-0.39, 0.29) is 18.4 Å². The molecular weight excluding hydrogens is 426 g/mol. The lowest BCUT2D eigenvalue weighted by Crippen LogP contribution is -2.48. The molecule has 34 heavy (non-hydrogen) atoms. The van der Waals surface area contributed by atoms with Gasteiger partial charge >= 0.3 is 0 Å². The Morgan fingerprint density at radius 3 is 2.24 bits per heavy atom. The molecule has 7 heteroatoms. The van der Waals surface area contributed by atoms with E-state index in [1.54, 1.807) is 6.08 Å². The third-order valence-electron chi connectivity index (χ3n) is 5.34. The number of benzene rings is 3. The molecule has 0 radical (unpaired) electrons. The van der Waals surface area contributed by atoms with Crippen LogP contribution in [0.15, 0.2) is 95.6 Å². The number of amides is 2. The van der Waals surface area contributed by atoms with Crippen molar-refractivity contribution < 1.29 is 9.59 Å². The van der Waals surface area contributed by atoms with E-state index < -0.39 is 0 Å². The highest BCUT2D eigenvalue weighted by molar-refractivity contribution is 6.19. The van der Waals surface area contributed by atoms with Crippen LogP contribution in [-0.2, 0) is 16.1 Å². The van der Waals surface area contributed by atoms with Gasteiger partial charge in [0, 0.05) is 31.9 Å². The molecule has 3 aromatic rings. The van der Waals surface area contributed by atoms with E-state index >= 15 is 0 Å². The first-order valence-electron chi connectivity index (χ1n) is 11.0. The first-order chi connectivity index (χ1) is 16.5. The highest BCUT2D eigenvalue weighted by atomic mass is 16.2. The van der Waals surface area contributed by atoms with Crippen LogP contribution < -0.4 is 15.6 Å². The summed E-state index contributed by atoms with van der Waals surface area (Å²) in [7, 11) is 3.95. The molecule has 1 aliphatic heterocycles. The summed E-state index contributed by atoms with van der Waals surface area (Å²) in [5.74, 6) is -0.0789. The summed E-state index contributed by atoms with van der Waals surface area (Å²) < 4.78 is 0. The van der Waals surface area contributed by atoms with Crippen molar-refractivity contribution in [1.82, 2.24) is 15.8 Å². The van der Waals surface area contributed by atoms with Crippen molar-refractivity contribution in [2.24, 2.45) is 4.99 Å². The van der Waals surface area contributed by atoms with E-state index in [4.69, 9.17) is 0 Å². The Bertz CT molecular complexity index is 1200. The molecule has 1 aliphatic rings. The molecular formula is C27H27N5O2. The smallest absolute Gasteiger partial charge is 0.292 e. The number of hydrogen-bond donors (Lipinski definition) is 2. The maximum atomic E-state index is 13.2. The lowest BCUT2D eigenvalue weighted by molar-refractivity contribution is -0.126. The van der Waals surface area contributed by atoms with Crippen molar-refractivity contribution in [3.8, 4) is 0 Å². The van der Waals surface area contributed by atoms with Gasteiger partial charge in [0.25, 0.3) is 5.91 Å². The summed E-state index contributed by atoms with van der Waals surface area (Å²) in [5, 5.41) is 4.20. The molecule has 0 aliphatic carbocycles. The Labute approximate surface area is 199 Å². The van der Waals surface area contributed by atoms with Gasteiger partial charge in [0.05, 0.1) is 6.54 Å². The van der Waals surface area contributed by atoms with Gasteiger partial charge in [0.15, 0.2) is 5.84 Å². The van der Waals surface area contributed by atoms with E-state index in [1.807, 2.05) is 104 Å². The standard InChI is InChI=1S/C27H27N5O2/c1-31(2)23-15-13-20(14-16-23)17-24-27(34)32(26(30-24)22-11-7-4-8-12-22)29-19-25(33)28-18-21-9-5-3-6-10-21/h3-17,29H,18-19H2,1-2H3,(H,28,33)/b24-17-. The Balaban J connectivity index is 1.49. The number of nitrogens with zero attached hydrogens (tertiary/aromatic N) is 3. The molecule has 0 unspecified atom stereocenters. The highest BCUT2D eigenvalue weighted by Crippen LogP contribution is 2.22. The number of amidine groups is 1. The molecule has 2 N–H and O–H groups in total. The Hall–Kier alpha value is -4.23. The van der Waals surface area contributed by atoms with E-state index in [0.29, 0.717) is 18.1 Å². The number of anilines is 1. The third-order valence-corrected chi connectivity index (χ3v) is 5.34. The fraction of sp³-hybridized carbons (Fsp3) is 0.148. The summed E-state index contributed by atoms with van der Waals surface area (Å²) in [6.45, 7) is 0.359. The highest BCUT2D eigenvalue weighted by Gasteiger charge is 2.31. The number of hydrazine groups is 1. The van der Waals surface area contributed by atoms with Gasteiger partial charge in [-0.1, -0.05) is 72.8 Å². The molecule has 1 heterocycles. The Morgan fingerprint density at radius 2 is 1.59 bits per heavy atom. The average molecular weight is 454 g/mol. The van der Waals surface area contributed by atoms with Crippen molar-refractivity contribution in [3.63, 3.8) is 0 Å². The molecule has 0 atom stereocenters. The normalized spacial score (nSPS) is 14.3. The maximum Gasteiger partial charge on any atom is 0.292 e. The molecule has 2 amide bonds. The Morgan fingerprint density at radius 1 is 0.941 bits per heavy atom. The van der Waals surface area contributed by atoms with Crippen LogP contribution in [0.5, 0.6) is 0 Å². The first kappa shape index (κ1) is 22.9. The van der Waals surface area contributed by atoms with Crippen LogP contribution in [0.4, 0.5) is 5.69 Å². The fourth-order valence-corrected chi connectivity index (χ4v) is 3.48. The van der Waals surface area contributed by atoms with E-state index in [0.717, 1.165) is 22.4 Å². The minimum atomic E-state index is -0.314. The summed E-state index contributed by atoms with van der Waals surface area (Å²) in [6, 6.07) is 27.0. The van der Waals surface area contributed by atoms with Gasteiger partial charge < -0.3 is 10.2 Å². The van der Waals surface area contributed by atoms with Crippen molar-refractivity contribution >= 4 is 29.4 Å². The second-order valence-electron chi connectivity index (χ2n) is 8.05. The number of aliphatic imine (C=N–C) groups is 1. The van der Waals surface area contributed by atoms with Crippen molar-refractivity contribution in [3.05, 3.63) is 107 Å². The molecule has 0 saturated carbocycles. The molecule has 0 aromatic heterocycles. The van der Waals surface area contributed by atoms with E-state index in [2.05, 4.69) is 15.7 Å². The molecule has 7 nitrogen and oxygen atoms in total. The molecule has 0 fully saturated rings. The molecule has 3 aromatic carbocycles. The van der Waals surface area contributed by atoms with E-state index in [9.17, 15) is 9.59 Å². The number of hydrogen-bond acceptors (Lipinski definition) is 5. The van der Waals surface area contributed by atoms with Crippen LogP contribution in [0.1, 0.15) is 16.7 Å². The van der Waals surface area contributed by atoms with Crippen molar-refractivity contribution in [2.75, 3.05) is 25.5 Å². The van der Waals surface area contributed by atoms with Crippen LogP contribution in [0.2, 0.25) is 0 Å². The first-order valence-corrected chi connectivity index (χ1v) is 11.0. The topological polar surface area (TPSA) is 77.0 Å². The maximum absolute atomic E-state index is 13.2. The summed E-state index contributed by atoms with van der Waals surface area (Å²) in [5.41, 5.74) is 6.97. The van der Waals surface area contributed by atoms with Gasteiger partial charge in [-0.05, 0) is 29.3 Å². The summed E-state index contributed by atoms with van der Waals surface area (Å²) in [6.07, 6.45) is 1.75. The average Bonchev–Trinajstić information content (AvgIpc) is 3.17. The van der Waals surface area contributed by atoms with Crippen molar-refractivity contribution in [2.45, 2.75) is 6.54 Å². The lowest BCUT2D eigenvalue weighted by atomic mass is 10.1. The zero-order valence-corrected chi connectivity index (χ0v) is 19.2. The van der Waals surface area contributed by atoms with Gasteiger partial charge in [0.1, 0.15) is 5.70 Å². The minimum Gasteiger partial charge on any atom is -0.378 e. The number of carbonyl (C=O) groups is 2. The molecule has 0 saturated heterocycles. The lowest BCUT2D eigenvalue weighted by Gasteiger charge is -2.19. The SMILES string of the molecule is CN(C)c1ccc(/C=C2\N=C(c3ccccc3)N(NCC(=O)NCc3ccccc3)C2=O)cc1. The van der Waals surface area contributed by atoms with Crippen LogP contribution in [-0.4, -0.2) is 43.3 Å². The van der Waals surface area contributed by atoms with Gasteiger partial charge in [-0.25, -0.2) is 15.4 Å². The van der Waals surface area contributed by atoms with Gasteiger partial charge in [-0.2, -0.15) is 0 Å². The van der Waals surface area contributed by atoms with Crippen molar-refractivity contribution in [1.29, 1.82) is 0 Å². The van der Waals surface area contributed by atoms with Crippen LogP contribution in [0.3, 0.4) is 0 Å². The Kier molecular flexibility index (Phi) is 7.15. The van der Waals surface area contributed by atoms with Crippen LogP contribution in [0.25, 0.3) is 6.08 Å². The van der Waals surface area contributed by atoms with Gasteiger partial charge in [-0.15, -0.1) is 0 Å². The number of carbonyl (C=O) groups excluding carboxylic acids is 2. The molecule has 0 bridgehead atoms. The zero-order valence-electron chi connectivity index (χ0n) is 19.2. The predicted octanol–water partition coefficient (Wildman–Crippen LogP) is 3.20. The second-order valence-corrected chi connectivity index (χ2v) is 8.05. The third kappa shape index (κ3) is 5.57. The fourth-order valence-electron chi connectivity index (χ4n) is 3.48. The summed E-state index contributed by atoms with van der Waals surface area (Å²) in [4.78, 5) is 32.2. The van der Waals surface area contributed by atoms with E-state index in [1.165, 1.54) is 5.01 Å². The van der Waals surface area contributed by atoms with Crippen LogP contribution in [0, 0.1) is 0 Å². The zero-order chi connectivity index (χ0) is 23.9.